The average molecular weight is 451 g/mol. The molecular weight excluding hydrogens is 420 g/mol. The van der Waals surface area contributed by atoms with E-state index in [0.29, 0.717) is 18.9 Å². The molecule has 2 amide bonds. The number of alkyl carbamates (subject to hydrolysis) is 1. The number of nitrogens with zero attached hydrogens (tertiary/aromatic N) is 1. The molecule has 2 aliphatic rings. The second kappa shape index (κ2) is 10.1. The van der Waals surface area contributed by atoms with Gasteiger partial charge in [-0.25, -0.2) is 4.79 Å². The third kappa shape index (κ3) is 5.53. The van der Waals surface area contributed by atoms with Gasteiger partial charge >= 0.3 is 12.1 Å². The van der Waals surface area contributed by atoms with Crippen molar-refractivity contribution in [3.05, 3.63) is 59.7 Å². The van der Waals surface area contributed by atoms with Gasteiger partial charge in [0, 0.05) is 24.9 Å². The number of carboxylic acids is 1. The monoisotopic (exact) mass is 450 g/mol. The van der Waals surface area contributed by atoms with Crippen LogP contribution in [0.15, 0.2) is 48.5 Å². The van der Waals surface area contributed by atoms with Crippen LogP contribution in [-0.4, -0.2) is 54.2 Å². The first-order valence-electron chi connectivity index (χ1n) is 11.5. The molecule has 0 aromatic heterocycles. The minimum Gasteiger partial charge on any atom is -0.480 e. The van der Waals surface area contributed by atoms with E-state index < -0.39 is 12.1 Å². The number of benzene rings is 2. The third-order valence-electron chi connectivity index (χ3n) is 6.43. The molecule has 7 heteroatoms. The Morgan fingerprint density at radius 2 is 1.67 bits per heavy atom. The molecule has 4 rings (SSSR count). The van der Waals surface area contributed by atoms with Crippen LogP contribution in [-0.2, 0) is 14.3 Å². The molecule has 0 saturated heterocycles. The summed E-state index contributed by atoms with van der Waals surface area (Å²) in [6, 6.07) is 16.3. The molecule has 1 atom stereocenters. The predicted molar refractivity (Wildman–Crippen MR) is 124 cm³/mol. The van der Waals surface area contributed by atoms with Gasteiger partial charge in [0.2, 0.25) is 5.91 Å². The zero-order chi connectivity index (χ0) is 23.4. The summed E-state index contributed by atoms with van der Waals surface area (Å²) in [6.45, 7) is 2.51. The van der Waals surface area contributed by atoms with Crippen molar-refractivity contribution in [1.29, 1.82) is 0 Å². The number of amides is 2. The number of carbonyl (C=O) groups is 3. The van der Waals surface area contributed by atoms with Crippen LogP contribution in [0.25, 0.3) is 11.1 Å². The summed E-state index contributed by atoms with van der Waals surface area (Å²) in [4.78, 5) is 37.5. The first-order valence-corrected chi connectivity index (χ1v) is 11.5. The van der Waals surface area contributed by atoms with Crippen molar-refractivity contribution >= 4 is 18.0 Å². The highest BCUT2D eigenvalue weighted by molar-refractivity contribution is 5.83. The maximum Gasteiger partial charge on any atom is 0.407 e. The molecular formula is C26H30N2O5. The number of ether oxygens (including phenoxy) is 1. The van der Waals surface area contributed by atoms with Crippen LogP contribution in [0, 0.1) is 11.8 Å². The smallest absolute Gasteiger partial charge is 0.407 e. The molecule has 1 saturated carbocycles. The number of nitrogens with one attached hydrogen (secondary N) is 1. The molecule has 2 aliphatic carbocycles. The number of carboxylic acid groups (broad SMARTS) is 1. The zero-order valence-electron chi connectivity index (χ0n) is 18.8. The van der Waals surface area contributed by atoms with Crippen LogP contribution in [0.3, 0.4) is 0 Å². The fourth-order valence-electron chi connectivity index (χ4n) is 4.48. The Morgan fingerprint density at radius 3 is 2.24 bits per heavy atom. The number of rotatable bonds is 10. The Labute approximate surface area is 193 Å². The first-order chi connectivity index (χ1) is 15.9. The van der Waals surface area contributed by atoms with Gasteiger partial charge < -0.3 is 20.1 Å². The molecule has 174 valence electrons. The summed E-state index contributed by atoms with van der Waals surface area (Å²) in [5, 5.41) is 11.8. The topological polar surface area (TPSA) is 95.9 Å². The summed E-state index contributed by atoms with van der Waals surface area (Å²) in [5.41, 5.74) is 4.65. The van der Waals surface area contributed by atoms with Crippen molar-refractivity contribution in [3.8, 4) is 11.1 Å². The molecule has 2 aromatic rings. The minimum absolute atomic E-state index is 0.00403. The Hall–Kier alpha value is -3.35. The van der Waals surface area contributed by atoms with E-state index in [1.54, 1.807) is 6.92 Å². The molecule has 1 unspecified atom stereocenters. The summed E-state index contributed by atoms with van der Waals surface area (Å²) in [5.74, 6) is -1.15. The quantitative estimate of drug-likeness (QED) is 0.573. The van der Waals surface area contributed by atoms with E-state index in [4.69, 9.17) is 9.84 Å². The van der Waals surface area contributed by atoms with Crippen LogP contribution >= 0.6 is 0 Å². The van der Waals surface area contributed by atoms with E-state index in [1.165, 1.54) is 16.0 Å². The lowest BCUT2D eigenvalue weighted by atomic mass is 9.98. The Bertz CT molecular complexity index is 987. The second-order valence-corrected chi connectivity index (χ2v) is 9.00. The van der Waals surface area contributed by atoms with Crippen LogP contribution < -0.4 is 5.32 Å². The molecule has 2 aromatic carbocycles. The minimum atomic E-state index is -1.01. The molecule has 7 nitrogen and oxygen atoms in total. The van der Waals surface area contributed by atoms with E-state index >= 15 is 0 Å². The third-order valence-corrected chi connectivity index (χ3v) is 6.43. The van der Waals surface area contributed by atoms with Gasteiger partial charge in [-0.2, -0.15) is 0 Å². The van der Waals surface area contributed by atoms with Crippen LogP contribution in [0.1, 0.15) is 43.2 Å². The number of fused-ring (bicyclic) bond motifs is 3. The van der Waals surface area contributed by atoms with Gasteiger partial charge in [0.15, 0.2) is 0 Å². The van der Waals surface area contributed by atoms with Crippen LogP contribution in [0.5, 0.6) is 0 Å². The Kier molecular flexibility index (Phi) is 6.96. The summed E-state index contributed by atoms with van der Waals surface area (Å²) in [7, 11) is 0. The molecule has 0 aliphatic heterocycles. The van der Waals surface area contributed by atoms with Gasteiger partial charge in [0.25, 0.3) is 0 Å². The Morgan fingerprint density at radius 1 is 1.06 bits per heavy atom. The van der Waals surface area contributed by atoms with E-state index in [9.17, 15) is 14.4 Å². The van der Waals surface area contributed by atoms with E-state index in [0.717, 1.165) is 24.0 Å². The van der Waals surface area contributed by atoms with Gasteiger partial charge in [0.05, 0.1) is 0 Å². The van der Waals surface area contributed by atoms with Gasteiger partial charge in [0.1, 0.15) is 13.2 Å². The van der Waals surface area contributed by atoms with Gasteiger partial charge in [-0.15, -0.1) is 0 Å². The van der Waals surface area contributed by atoms with Crippen molar-refractivity contribution in [2.45, 2.75) is 32.1 Å². The highest BCUT2D eigenvalue weighted by Crippen LogP contribution is 2.44. The van der Waals surface area contributed by atoms with Gasteiger partial charge in [-0.1, -0.05) is 55.5 Å². The predicted octanol–water partition coefficient (Wildman–Crippen LogP) is 3.87. The number of hydrogen-bond donors (Lipinski definition) is 2. The summed E-state index contributed by atoms with van der Waals surface area (Å²) < 4.78 is 5.52. The van der Waals surface area contributed by atoms with Crippen LogP contribution in [0.2, 0.25) is 0 Å². The molecule has 0 radical (unpaired) electrons. The SMILES string of the molecule is CC(CCNC(=O)OCC1c2ccccc2-c2ccccc21)C(=O)N(CC(=O)O)CC1CC1. The fraction of sp³-hybridized carbons (Fsp3) is 0.423. The number of hydrogen-bond acceptors (Lipinski definition) is 4. The van der Waals surface area contributed by atoms with E-state index in [-0.39, 0.29) is 37.4 Å². The first kappa shape index (κ1) is 22.8. The van der Waals surface area contributed by atoms with Gasteiger partial charge in [-0.3, -0.25) is 9.59 Å². The number of aliphatic carboxylic acids is 1. The van der Waals surface area contributed by atoms with Crippen molar-refractivity contribution in [3.63, 3.8) is 0 Å². The van der Waals surface area contributed by atoms with Crippen molar-refractivity contribution in [2.75, 3.05) is 26.2 Å². The molecule has 33 heavy (non-hydrogen) atoms. The summed E-state index contributed by atoms with van der Waals surface area (Å²) >= 11 is 0. The van der Waals surface area contributed by atoms with E-state index in [2.05, 4.69) is 29.6 Å². The van der Waals surface area contributed by atoms with Crippen molar-refractivity contribution in [2.24, 2.45) is 11.8 Å². The van der Waals surface area contributed by atoms with Gasteiger partial charge in [-0.05, 0) is 47.4 Å². The maximum absolute atomic E-state index is 12.7. The van der Waals surface area contributed by atoms with Crippen molar-refractivity contribution in [1.82, 2.24) is 10.2 Å². The second-order valence-electron chi connectivity index (χ2n) is 9.00. The largest absolute Gasteiger partial charge is 0.480 e. The molecule has 2 N–H and O–H groups in total. The normalized spacial score (nSPS) is 15.3. The fourth-order valence-corrected chi connectivity index (χ4v) is 4.48. The molecule has 0 heterocycles. The number of carbonyl (C=O) groups excluding carboxylic acids is 2. The lowest BCUT2D eigenvalue weighted by molar-refractivity contribution is -0.146. The molecule has 1 fully saturated rings. The lowest BCUT2D eigenvalue weighted by Crippen LogP contribution is -2.41. The maximum atomic E-state index is 12.7. The highest BCUT2D eigenvalue weighted by Gasteiger charge is 2.31. The average Bonchev–Trinajstić information content (AvgIpc) is 3.57. The van der Waals surface area contributed by atoms with Crippen molar-refractivity contribution < 1.29 is 24.2 Å². The highest BCUT2D eigenvalue weighted by atomic mass is 16.5. The zero-order valence-corrected chi connectivity index (χ0v) is 18.8. The molecule has 0 spiro atoms. The summed E-state index contributed by atoms with van der Waals surface area (Å²) in [6.07, 6.45) is 1.99. The standard InChI is InChI=1S/C26H30N2O5/c1-17(25(31)28(15-24(29)30)14-18-10-11-18)12-13-27-26(32)33-16-23-21-8-4-2-6-19(21)20-7-3-5-9-22(20)23/h2-9,17-18,23H,10-16H2,1H3,(H,27,32)(H,29,30). The Balaban J connectivity index is 1.25. The van der Waals surface area contributed by atoms with E-state index in [1.807, 2.05) is 24.3 Å². The van der Waals surface area contributed by atoms with Crippen LogP contribution in [0.4, 0.5) is 4.79 Å². The molecule has 0 bridgehead atoms. The lowest BCUT2D eigenvalue weighted by Gasteiger charge is -2.24.